The molecular weight excluding hydrogens is 290 g/mol. The van der Waals surface area contributed by atoms with Crippen molar-refractivity contribution in [3.05, 3.63) is 64.7 Å². The van der Waals surface area contributed by atoms with Crippen LogP contribution in [0.3, 0.4) is 0 Å². The normalized spacial score (nSPS) is 13.7. The van der Waals surface area contributed by atoms with Gasteiger partial charge in [-0.05, 0) is 53.5 Å². The molecule has 2 rings (SSSR count). The number of anilines is 1. The lowest BCUT2D eigenvalue weighted by Gasteiger charge is -2.28. The SMILES string of the molecule is Cc1ccc(NC(C)c2cc(C(C)(C)C)cc(C(C)(C)C)c2)cc1. The van der Waals surface area contributed by atoms with Crippen molar-refractivity contribution in [3.8, 4) is 0 Å². The van der Waals surface area contributed by atoms with E-state index in [9.17, 15) is 0 Å². The summed E-state index contributed by atoms with van der Waals surface area (Å²) in [5.74, 6) is 0. The van der Waals surface area contributed by atoms with Crippen LogP contribution < -0.4 is 5.32 Å². The van der Waals surface area contributed by atoms with E-state index in [1.807, 2.05) is 0 Å². The molecule has 0 aliphatic heterocycles. The highest BCUT2D eigenvalue weighted by Crippen LogP contribution is 2.32. The molecule has 1 atom stereocenters. The first-order chi connectivity index (χ1) is 11.0. The van der Waals surface area contributed by atoms with Gasteiger partial charge in [0.2, 0.25) is 0 Å². The van der Waals surface area contributed by atoms with Gasteiger partial charge in [-0.15, -0.1) is 0 Å². The van der Waals surface area contributed by atoms with E-state index in [0.717, 1.165) is 0 Å². The summed E-state index contributed by atoms with van der Waals surface area (Å²) in [4.78, 5) is 0. The fourth-order valence-electron chi connectivity index (χ4n) is 2.75. The summed E-state index contributed by atoms with van der Waals surface area (Å²) in [7, 11) is 0. The molecule has 1 unspecified atom stereocenters. The average molecular weight is 324 g/mol. The zero-order valence-corrected chi connectivity index (χ0v) is 16.6. The summed E-state index contributed by atoms with van der Waals surface area (Å²) in [6.45, 7) is 18.1. The van der Waals surface area contributed by atoms with Gasteiger partial charge in [0.25, 0.3) is 0 Å². The van der Waals surface area contributed by atoms with E-state index >= 15 is 0 Å². The number of rotatable bonds is 3. The molecule has 1 heteroatoms. The topological polar surface area (TPSA) is 12.0 Å². The molecule has 0 radical (unpaired) electrons. The van der Waals surface area contributed by atoms with E-state index in [4.69, 9.17) is 0 Å². The van der Waals surface area contributed by atoms with Crippen molar-refractivity contribution in [2.24, 2.45) is 0 Å². The van der Waals surface area contributed by atoms with Crippen LogP contribution in [0, 0.1) is 6.92 Å². The van der Waals surface area contributed by atoms with E-state index in [1.54, 1.807) is 0 Å². The minimum absolute atomic E-state index is 0.152. The molecule has 0 aromatic heterocycles. The highest BCUT2D eigenvalue weighted by atomic mass is 14.9. The van der Waals surface area contributed by atoms with Crippen LogP contribution in [-0.2, 0) is 10.8 Å². The Hall–Kier alpha value is -1.76. The van der Waals surface area contributed by atoms with Crippen LogP contribution in [0.2, 0.25) is 0 Å². The molecule has 0 fully saturated rings. The highest BCUT2D eigenvalue weighted by Gasteiger charge is 2.21. The van der Waals surface area contributed by atoms with Crippen molar-refractivity contribution < 1.29 is 0 Å². The number of nitrogens with one attached hydrogen (secondary N) is 1. The minimum Gasteiger partial charge on any atom is -0.379 e. The minimum atomic E-state index is 0.152. The van der Waals surface area contributed by atoms with Crippen molar-refractivity contribution in [1.29, 1.82) is 0 Å². The zero-order chi connectivity index (χ0) is 18.1. The predicted octanol–water partition coefficient (Wildman–Crippen LogP) is 6.76. The van der Waals surface area contributed by atoms with Crippen LogP contribution in [0.25, 0.3) is 0 Å². The largest absolute Gasteiger partial charge is 0.379 e. The number of aryl methyl sites for hydroxylation is 1. The molecule has 0 spiro atoms. The fourth-order valence-corrected chi connectivity index (χ4v) is 2.75. The van der Waals surface area contributed by atoms with E-state index in [2.05, 4.69) is 103 Å². The molecule has 24 heavy (non-hydrogen) atoms. The van der Waals surface area contributed by atoms with Crippen molar-refractivity contribution in [1.82, 2.24) is 0 Å². The molecule has 0 bridgehead atoms. The van der Waals surface area contributed by atoms with Crippen LogP contribution in [0.1, 0.15) is 76.8 Å². The Morgan fingerprint density at radius 3 is 1.62 bits per heavy atom. The second-order valence-electron chi connectivity index (χ2n) is 9.08. The van der Waals surface area contributed by atoms with Gasteiger partial charge >= 0.3 is 0 Å². The Labute approximate surface area is 148 Å². The molecule has 2 aromatic rings. The molecule has 0 saturated heterocycles. The maximum atomic E-state index is 3.64. The van der Waals surface area contributed by atoms with Crippen LogP contribution in [0.5, 0.6) is 0 Å². The van der Waals surface area contributed by atoms with Gasteiger partial charge in [0.1, 0.15) is 0 Å². The summed E-state index contributed by atoms with van der Waals surface area (Å²) in [6.07, 6.45) is 0. The molecule has 130 valence electrons. The summed E-state index contributed by atoms with van der Waals surface area (Å²) in [5.41, 5.74) is 6.93. The summed E-state index contributed by atoms with van der Waals surface area (Å²) in [6, 6.07) is 16.0. The first kappa shape index (κ1) is 18.6. The third kappa shape index (κ3) is 4.63. The van der Waals surface area contributed by atoms with Crippen LogP contribution >= 0.6 is 0 Å². The fraction of sp³-hybridized carbons (Fsp3) is 0.478. The average Bonchev–Trinajstić information content (AvgIpc) is 2.47. The monoisotopic (exact) mass is 323 g/mol. The van der Waals surface area contributed by atoms with Gasteiger partial charge in [-0.3, -0.25) is 0 Å². The number of hydrogen-bond donors (Lipinski definition) is 1. The molecule has 0 saturated carbocycles. The highest BCUT2D eigenvalue weighted by molar-refractivity contribution is 5.48. The molecule has 0 aliphatic rings. The van der Waals surface area contributed by atoms with Crippen LogP contribution in [-0.4, -0.2) is 0 Å². The molecule has 2 aromatic carbocycles. The second-order valence-corrected chi connectivity index (χ2v) is 9.08. The van der Waals surface area contributed by atoms with Gasteiger partial charge in [-0.25, -0.2) is 0 Å². The van der Waals surface area contributed by atoms with Crippen molar-refractivity contribution in [3.63, 3.8) is 0 Å². The van der Waals surface area contributed by atoms with Crippen LogP contribution in [0.15, 0.2) is 42.5 Å². The third-order valence-corrected chi connectivity index (χ3v) is 4.62. The molecular formula is C23H33N. The van der Waals surface area contributed by atoms with Gasteiger partial charge in [0, 0.05) is 11.7 Å². The summed E-state index contributed by atoms with van der Waals surface area (Å²) >= 11 is 0. The predicted molar refractivity (Wildman–Crippen MR) is 107 cm³/mol. The van der Waals surface area contributed by atoms with Gasteiger partial charge in [0.15, 0.2) is 0 Å². The Bertz CT molecular complexity index is 649. The van der Waals surface area contributed by atoms with Gasteiger partial charge in [0.05, 0.1) is 0 Å². The molecule has 1 nitrogen and oxygen atoms in total. The Balaban J connectivity index is 2.38. The first-order valence-corrected chi connectivity index (χ1v) is 8.96. The standard InChI is InChI=1S/C23H33N/c1-16-9-11-21(12-10-16)24-17(2)18-13-19(22(3,4)5)15-20(14-18)23(6,7)8/h9-15,17,24H,1-8H3. The lowest BCUT2D eigenvalue weighted by Crippen LogP contribution is -2.18. The molecule has 0 amide bonds. The molecule has 1 N–H and O–H groups in total. The van der Waals surface area contributed by atoms with E-state index in [-0.39, 0.29) is 16.9 Å². The van der Waals surface area contributed by atoms with E-state index in [1.165, 1.54) is 27.9 Å². The van der Waals surface area contributed by atoms with E-state index in [0.29, 0.717) is 0 Å². The van der Waals surface area contributed by atoms with Crippen molar-refractivity contribution in [2.75, 3.05) is 5.32 Å². The van der Waals surface area contributed by atoms with Crippen LogP contribution in [0.4, 0.5) is 5.69 Å². The number of hydrogen-bond acceptors (Lipinski definition) is 1. The van der Waals surface area contributed by atoms with E-state index < -0.39 is 0 Å². The molecule has 0 aliphatic carbocycles. The van der Waals surface area contributed by atoms with Crippen molar-refractivity contribution >= 4 is 5.69 Å². The summed E-state index contributed by atoms with van der Waals surface area (Å²) < 4.78 is 0. The Kier molecular flexibility index (Phi) is 5.13. The maximum Gasteiger partial charge on any atom is 0.0485 e. The van der Waals surface area contributed by atoms with Gasteiger partial charge in [-0.1, -0.05) is 77.4 Å². The zero-order valence-electron chi connectivity index (χ0n) is 16.6. The quantitative estimate of drug-likeness (QED) is 0.657. The Morgan fingerprint density at radius 1 is 0.750 bits per heavy atom. The lowest BCUT2D eigenvalue weighted by molar-refractivity contribution is 0.566. The second kappa shape index (κ2) is 6.63. The maximum absolute atomic E-state index is 3.64. The Morgan fingerprint density at radius 2 is 1.21 bits per heavy atom. The lowest BCUT2D eigenvalue weighted by atomic mass is 9.79. The van der Waals surface area contributed by atoms with Gasteiger partial charge in [-0.2, -0.15) is 0 Å². The summed E-state index contributed by atoms with van der Waals surface area (Å²) in [5, 5.41) is 3.64. The van der Waals surface area contributed by atoms with Crippen molar-refractivity contribution in [2.45, 2.75) is 72.3 Å². The smallest absolute Gasteiger partial charge is 0.0485 e. The van der Waals surface area contributed by atoms with Gasteiger partial charge < -0.3 is 5.32 Å². The third-order valence-electron chi connectivity index (χ3n) is 4.62. The first-order valence-electron chi connectivity index (χ1n) is 8.96. The number of benzene rings is 2. The molecule has 0 heterocycles.